The second-order valence-corrected chi connectivity index (χ2v) is 7.02. The molecule has 0 fully saturated rings. The number of para-hydroxylation sites is 2. The number of pyridine rings is 1. The molecule has 28 heavy (non-hydrogen) atoms. The predicted octanol–water partition coefficient (Wildman–Crippen LogP) is 5.54. The van der Waals surface area contributed by atoms with Crippen LogP contribution in [0.1, 0.15) is 5.82 Å². The van der Waals surface area contributed by atoms with Crippen LogP contribution < -0.4 is 10.1 Å². The number of hydrogen-bond acceptors (Lipinski definition) is 4. The fraction of sp³-hybridized carbons (Fsp3) is 0.0909. The molecule has 0 atom stereocenters. The summed E-state index contributed by atoms with van der Waals surface area (Å²) >= 11 is 6.19. The van der Waals surface area contributed by atoms with Crippen molar-refractivity contribution in [3.8, 4) is 5.75 Å². The fourth-order valence-electron chi connectivity index (χ4n) is 3.48. The zero-order valence-corrected chi connectivity index (χ0v) is 15.9. The van der Waals surface area contributed by atoms with Gasteiger partial charge >= 0.3 is 0 Å². The molecule has 0 aliphatic heterocycles. The number of aromatic nitrogens is 3. The van der Waals surface area contributed by atoms with Crippen LogP contribution in [0.25, 0.3) is 32.8 Å². The molecular weight excluding hydrogens is 372 g/mol. The van der Waals surface area contributed by atoms with Crippen molar-refractivity contribution in [2.75, 3.05) is 12.4 Å². The monoisotopic (exact) mass is 388 g/mol. The second kappa shape index (κ2) is 6.69. The molecule has 2 aromatic heterocycles. The number of halogens is 1. The Bertz CT molecular complexity index is 1300. The fourth-order valence-corrected chi connectivity index (χ4v) is 3.64. The zero-order valence-electron chi connectivity index (χ0n) is 15.2. The van der Waals surface area contributed by atoms with Crippen molar-refractivity contribution in [2.24, 2.45) is 0 Å². The van der Waals surface area contributed by atoms with Crippen LogP contribution in [0, 0.1) is 0 Å². The van der Waals surface area contributed by atoms with Crippen molar-refractivity contribution in [2.45, 2.75) is 6.54 Å². The van der Waals surface area contributed by atoms with Crippen molar-refractivity contribution in [1.29, 1.82) is 0 Å². The Balaban J connectivity index is 1.63. The SMILES string of the molecule is COc1ccc2nc3cc(Cl)ccc3c(NCc3nc4ccccc4[nH]3)c2c1. The molecule has 5 nitrogen and oxygen atoms in total. The minimum Gasteiger partial charge on any atom is -0.497 e. The van der Waals surface area contributed by atoms with Crippen LogP contribution in [0.3, 0.4) is 0 Å². The number of anilines is 1. The van der Waals surface area contributed by atoms with Gasteiger partial charge in [-0.2, -0.15) is 0 Å². The maximum atomic E-state index is 6.19. The largest absolute Gasteiger partial charge is 0.497 e. The lowest BCUT2D eigenvalue weighted by Gasteiger charge is -2.13. The minimum absolute atomic E-state index is 0.558. The van der Waals surface area contributed by atoms with Gasteiger partial charge in [-0.3, -0.25) is 0 Å². The summed E-state index contributed by atoms with van der Waals surface area (Å²) in [5.74, 6) is 1.66. The summed E-state index contributed by atoms with van der Waals surface area (Å²) in [5.41, 5.74) is 4.69. The number of fused-ring (bicyclic) bond motifs is 3. The first-order valence-electron chi connectivity index (χ1n) is 8.96. The quantitative estimate of drug-likeness (QED) is 0.397. The number of H-pyrrole nitrogens is 1. The van der Waals surface area contributed by atoms with Gasteiger partial charge < -0.3 is 15.0 Å². The van der Waals surface area contributed by atoms with E-state index in [1.807, 2.05) is 60.7 Å². The van der Waals surface area contributed by atoms with E-state index in [9.17, 15) is 0 Å². The van der Waals surface area contributed by atoms with Gasteiger partial charge in [0.2, 0.25) is 0 Å². The number of aromatic amines is 1. The summed E-state index contributed by atoms with van der Waals surface area (Å²) in [7, 11) is 1.66. The molecule has 2 heterocycles. The van der Waals surface area contributed by atoms with Gasteiger partial charge in [0.25, 0.3) is 0 Å². The zero-order chi connectivity index (χ0) is 19.1. The Labute approximate surface area is 166 Å². The molecule has 2 N–H and O–H groups in total. The third kappa shape index (κ3) is 2.90. The number of methoxy groups -OCH3 is 1. The number of ether oxygens (including phenoxy) is 1. The smallest absolute Gasteiger partial charge is 0.126 e. The normalized spacial score (nSPS) is 11.4. The Morgan fingerprint density at radius 2 is 1.82 bits per heavy atom. The third-order valence-corrected chi connectivity index (χ3v) is 5.05. The van der Waals surface area contributed by atoms with E-state index in [1.54, 1.807) is 7.11 Å². The molecule has 0 radical (unpaired) electrons. The maximum absolute atomic E-state index is 6.19. The summed E-state index contributed by atoms with van der Waals surface area (Å²) in [6.07, 6.45) is 0. The molecule has 0 bridgehead atoms. The average Bonchev–Trinajstić information content (AvgIpc) is 3.13. The number of rotatable bonds is 4. The van der Waals surface area contributed by atoms with E-state index in [1.165, 1.54) is 0 Å². The molecule has 6 heteroatoms. The highest BCUT2D eigenvalue weighted by Crippen LogP contribution is 2.34. The molecule has 5 rings (SSSR count). The molecule has 0 aliphatic carbocycles. The number of nitrogens with zero attached hydrogens (tertiary/aromatic N) is 2. The molecule has 0 amide bonds. The van der Waals surface area contributed by atoms with Gasteiger partial charge in [-0.1, -0.05) is 23.7 Å². The van der Waals surface area contributed by atoms with E-state index in [4.69, 9.17) is 21.3 Å². The van der Waals surface area contributed by atoms with E-state index < -0.39 is 0 Å². The summed E-state index contributed by atoms with van der Waals surface area (Å²) < 4.78 is 5.42. The van der Waals surface area contributed by atoms with Gasteiger partial charge in [0, 0.05) is 15.8 Å². The summed E-state index contributed by atoms with van der Waals surface area (Å²) in [6, 6.07) is 19.6. The topological polar surface area (TPSA) is 62.8 Å². The van der Waals surface area contributed by atoms with Crippen LogP contribution >= 0.6 is 11.6 Å². The van der Waals surface area contributed by atoms with E-state index in [0.717, 1.165) is 50.1 Å². The second-order valence-electron chi connectivity index (χ2n) is 6.59. The number of hydrogen-bond donors (Lipinski definition) is 2. The van der Waals surface area contributed by atoms with Crippen LogP contribution in [0.4, 0.5) is 5.69 Å². The predicted molar refractivity (Wildman–Crippen MR) is 114 cm³/mol. The molecule has 0 unspecified atom stereocenters. The molecule has 0 saturated carbocycles. The van der Waals surface area contributed by atoms with Gasteiger partial charge in [0.1, 0.15) is 11.6 Å². The molecule has 3 aromatic carbocycles. The number of imidazole rings is 1. The van der Waals surface area contributed by atoms with Gasteiger partial charge in [-0.25, -0.2) is 9.97 Å². The standard InChI is InChI=1S/C22H17ClN4O/c1-28-14-7-9-17-16(11-14)22(15-8-6-13(23)10-20(15)25-17)24-12-21-26-18-4-2-3-5-19(18)27-21/h2-11H,12H2,1H3,(H,24,25)(H,26,27). The van der Waals surface area contributed by atoms with Crippen LogP contribution in [0.5, 0.6) is 5.75 Å². The van der Waals surface area contributed by atoms with E-state index in [0.29, 0.717) is 11.6 Å². The van der Waals surface area contributed by atoms with Gasteiger partial charge in [0.05, 0.1) is 41.4 Å². The Morgan fingerprint density at radius 3 is 2.68 bits per heavy atom. The van der Waals surface area contributed by atoms with Crippen molar-refractivity contribution >= 4 is 50.1 Å². The highest BCUT2D eigenvalue weighted by atomic mass is 35.5. The van der Waals surface area contributed by atoms with Crippen LogP contribution in [0.15, 0.2) is 60.7 Å². The Morgan fingerprint density at radius 1 is 0.929 bits per heavy atom. The van der Waals surface area contributed by atoms with Gasteiger partial charge in [-0.05, 0) is 48.5 Å². The average molecular weight is 389 g/mol. The van der Waals surface area contributed by atoms with Gasteiger partial charge in [-0.15, -0.1) is 0 Å². The number of benzene rings is 3. The van der Waals surface area contributed by atoms with Gasteiger partial charge in [0.15, 0.2) is 0 Å². The number of nitrogens with one attached hydrogen (secondary N) is 2. The highest BCUT2D eigenvalue weighted by Gasteiger charge is 2.12. The van der Waals surface area contributed by atoms with Crippen LogP contribution in [-0.2, 0) is 6.54 Å². The highest BCUT2D eigenvalue weighted by molar-refractivity contribution is 6.31. The van der Waals surface area contributed by atoms with Crippen LogP contribution in [0.2, 0.25) is 5.02 Å². The lowest BCUT2D eigenvalue weighted by atomic mass is 10.1. The lowest BCUT2D eigenvalue weighted by molar-refractivity contribution is 0.415. The van der Waals surface area contributed by atoms with E-state index in [2.05, 4.69) is 15.3 Å². The Kier molecular flexibility index (Phi) is 4.02. The molecule has 0 aliphatic rings. The lowest BCUT2D eigenvalue weighted by Crippen LogP contribution is -2.03. The molecular formula is C22H17ClN4O. The first-order valence-corrected chi connectivity index (χ1v) is 9.33. The third-order valence-electron chi connectivity index (χ3n) is 4.81. The van der Waals surface area contributed by atoms with Crippen molar-refractivity contribution in [1.82, 2.24) is 15.0 Å². The van der Waals surface area contributed by atoms with Crippen molar-refractivity contribution in [3.05, 3.63) is 71.5 Å². The molecule has 0 spiro atoms. The van der Waals surface area contributed by atoms with Crippen LogP contribution in [-0.4, -0.2) is 22.1 Å². The van der Waals surface area contributed by atoms with Crippen molar-refractivity contribution in [3.63, 3.8) is 0 Å². The van der Waals surface area contributed by atoms with E-state index in [-0.39, 0.29) is 0 Å². The first kappa shape index (κ1) is 16.8. The first-order chi connectivity index (χ1) is 13.7. The van der Waals surface area contributed by atoms with Crippen molar-refractivity contribution < 1.29 is 4.74 Å². The summed E-state index contributed by atoms with van der Waals surface area (Å²) in [5, 5.41) is 6.20. The molecule has 5 aromatic rings. The minimum atomic E-state index is 0.558. The Hall–Kier alpha value is -3.31. The summed E-state index contributed by atoms with van der Waals surface area (Å²) in [4.78, 5) is 12.8. The molecule has 0 saturated heterocycles. The molecule has 138 valence electrons. The maximum Gasteiger partial charge on any atom is 0.126 e. The summed E-state index contributed by atoms with van der Waals surface area (Å²) in [6.45, 7) is 0.558. The van der Waals surface area contributed by atoms with E-state index >= 15 is 0 Å².